The van der Waals surface area contributed by atoms with Gasteiger partial charge in [0.1, 0.15) is 0 Å². The molecule has 0 bridgehead atoms. The minimum Gasteiger partial charge on any atom is -0.326 e. The number of nitrogens with two attached hydrogens (primary N) is 1. The third kappa shape index (κ3) is 3.56. The van der Waals surface area contributed by atoms with Crippen LogP contribution in [0.2, 0.25) is 0 Å². The monoisotopic (exact) mass is 297 g/mol. The van der Waals surface area contributed by atoms with Crippen LogP contribution in [-0.4, -0.2) is 27.4 Å². The molecule has 0 unspecified atom stereocenters. The maximum absolute atomic E-state index is 12.1. The molecule has 2 rings (SSSR count). The summed E-state index contributed by atoms with van der Waals surface area (Å²) in [6, 6.07) is 4.47. The first-order chi connectivity index (χ1) is 9.38. The lowest BCUT2D eigenvalue weighted by Gasteiger charge is -2.22. The molecule has 1 aromatic rings. The molecular formula is C13H19N3O3S. The number of aryl methyl sites for hydroxylation is 1. The maximum atomic E-state index is 12.1. The van der Waals surface area contributed by atoms with Crippen molar-refractivity contribution < 1.29 is 13.2 Å². The van der Waals surface area contributed by atoms with Gasteiger partial charge in [0.2, 0.25) is 15.9 Å². The molecule has 1 fully saturated rings. The Balaban J connectivity index is 2.18. The van der Waals surface area contributed by atoms with E-state index in [1.54, 1.807) is 6.07 Å². The van der Waals surface area contributed by atoms with Crippen molar-refractivity contribution in [3.05, 3.63) is 23.8 Å². The number of rotatable bonds is 3. The van der Waals surface area contributed by atoms with Crippen molar-refractivity contribution in [1.82, 2.24) is 5.32 Å². The van der Waals surface area contributed by atoms with E-state index in [-0.39, 0.29) is 16.7 Å². The molecule has 0 radical (unpaired) electrons. The largest absolute Gasteiger partial charge is 0.326 e. The van der Waals surface area contributed by atoms with Gasteiger partial charge in [-0.15, -0.1) is 0 Å². The lowest BCUT2D eigenvalue weighted by molar-refractivity contribution is -0.120. The minimum absolute atomic E-state index is 0.000157. The van der Waals surface area contributed by atoms with E-state index in [0.29, 0.717) is 12.2 Å². The third-order valence-electron chi connectivity index (χ3n) is 3.46. The molecule has 20 heavy (non-hydrogen) atoms. The number of carbonyl (C=O) groups is 1. The van der Waals surface area contributed by atoms with Crippen molar-refractivity contribution in [2.24, 2.45) is 11.1 Å². The Kier molecular flexibility index (Phi) is 4.42. The minimum atomic E-state index is -3.77. The first-order valence-electron chi connectivity index (χ1n) is 6.53. The summed E-state index contributed by atoms with van der Waals surface area (Å²) in [5.41, 5.74) is 1.29. The summed E-state index contributed by atoms with van der Waals surface area (Å²) >= 11 is 0. The van der Waals surface area contributed by atoms with E-state index in [4.69, 9.17) is 5.14 Å². The smallest absolute Gasteiger partial charge is 0.238 e. The molecule has 1 aliphatic rings. The highest BCUT2D eigenvalue weighted by atomic mass is 32.2. The summed E-state index contributed by atoms with van der Waals surface area (Å²) < 4.78 is 22.7. The molecule has 0 aromatic heterocycles. The van der Waals surface area contributed by atoms with Crippen LogP contribution in [0, 0.1) is 12.8 Å². The van der Waals surface area contributed by atoms with Gasteiger partial charge >= 0.3 is 0 Å². The van der Waals surface area contributed by atoms with Gasteiger partial charge < -0.3 is 10.6 Å². The summed E-state index contributed by atoms with van der Waals surface area (Å²) in [5, 5.41) is 11.1. The Bertz CT molecular complexity index is 607. The number of piperidine rings is 1. The standard InChI is InChI=1S/C13H19N3O3S/c1-9-4-5-11(20(14,18)19)7-12(9)16-13(17)10-3-2-6-15-8-10/h4-5,7,10,15H,2-3,6,8H2,1H3,(H,16,17)(H2,14,18,19)/t10-/m1/s1. The number of hydrogen-bond acceptors (Lipinski definition) is 4. The first kappa shape index (κ1) is 15.0. The summed E-state index contributed by atoms with van der Waals surface area (Å²) in [4.78, 5) is 12.1. The van der Waals surface area contributed by atoms with Crippen LogP contribution >= 0.6 is 0 Å². The summed E-state index contributed by atoms with van der Waals surface area (Å²) in [6.45, 7) is 3.39. The Morgan fingerprint density at radius 3 is 2.80 bits per heavy atom. The first-order valence-corrected chi connectivity index (χ1v) is 8.07. The lowest BCUT2D eigenvalue weighted by Crippen LogP contribution is -2.37. The van der Waals surface area contributed by atoms with Gasteiger partial charge in [0.25, 0.3) is 0 Å². The zero-order valence-electron chi connectivity index (χ0n) is 11.3. The molecule has 1 aromatic carbocycles. The van der Waals surface area contributed by atoms with Gasteiger partial charge in [0.05, 0.1) is 10.8 Å². The van der Waals surface area contributed by atoms with Gasteiger partial charge in [-0.3, -0.25) is 4.79 Å². The van der Waals surface area contributed by atoms with Crippen LogP contribution in [0.15, 0.2) is 23.1 Å². The second kappa shape index (κ2) is 5.90. The highest BCUT2D eigenvalue weighted by Gasteiger charge is 2.21. The number of primary sulfonamides is 1. The number of amides is 1. The van der Waals surface area contributed by atoms with Crippen LogP contribution in [0.1, 0.15) is 18.4 Å². The van der Waals surface area contributed by atoms with Gasteiger partial charge in [0.15, 0.2) is 0 Å². The zero-order chi connectivity index (χ0) is 14.8. The predicted octanol–water partition coefficient (Wildman–Crippen LogP) is 0.581. The van der Waals surface area contributed by atoms with Crippen LogP contribution in [-0.2, 0) is 14.8 Å². The third-order valence-corrected chi connectivity index (χ3v) is 4.37. The van der Waals surface area contributed by atoms with Gasteiger partial charge in [-0.25, -0.2) is 13.6 Å². The van der Waals surface area contributed by atoms with Crippen LogP contribution in [0.5, 0.6) is 0 Å². The average molecular weight is 297 g/mol. The van der Waals surface area contributed by atoms with Crippen molar-refractivity contribution in [3.8, 4) is 0 Å². The van der Waals surface area contributed by atoms with E-state index in [1.165, 1.54) is 12.1 Å². The predicted molar refractivity (Wildman–Crippen MR) is 76.8 cm³/mol. The molecule has 1 amide bonds. The number of sulfonamides is 1. The number of benzene rings is 1. The molecule has 1 atom stereocenters. The van der Waals surface area contributed by atoms with Gasteiger partial charge in [0, 0.05) is 12.2 Å². The van der Waals surface area contributed by atoms with Crippen molar-refractivity contribution in [3.63, 3.8) is 0 Å². The fourth-order valence-corrected chi connectivity index (χ4v) is 2.76. The van der Waals surface area contributed by atoms with E-state index in [1.807, 2.05) is 6.92 Å². The van der Waals surface area contributed by atoms with Crippen LogP contribution in [0.25, 0.3) is 0 Å². The zero-order valence-corrected chi connectivity index (χ0v) is 12.2. The lowest BCUT2D eigenvalue weighted by atomic mass is 9.98. The second-order valence-electron chi connectivity index (χ2n) is 5.05. The highest BCUT2D eigenvalue weighted by molar-refractivity contribution is 7.89. The molecular weight excluding hydrogens is 278 g/mol. The Morgan fingerprint density at radius 1 is 1.45 bits per heavy atom. The summed E-state index contributed by atoms with van der Waals surface area (Å²) in [5.74, 6) is -0.173. The number of hydrogen-bond donors (Lipinski definition) is 3. The average Bonchev–Trinajstić information content (AvgIpc) is 2.41. The molecule has 1 aliphatic heterocycles. The number of nitrogens with one attached hydrogen (secondary N) is 2. The van der Waals surface area contributed by atoms with E-state index in [2.05, 4.69) is 10.6 Å². The normalized spacial score (nSPS) is 19.6. The fourth-order valence-electron chi connectivity index (χ4n) is 2.22. The van der Waals surface area contributed by atoms with Gasteiger partial charge in [-0.1, -0.05) is 6.07 Å². The van der Waals surface area contributed by atoms with E-state index >= 15 is 0 Å². The van der Waals surface area contributed by atoms with Crippen molar-refractivity contribution in [1.29, 1.82) is 0 Å². The van der Waals surface area contributed by atoms with Crippen molar-refractivity contribution in [2.45, 2.75) is 24.7 Å². The van der Waals surface area contributed by atoms with E-state index in [0.717, 1.165) is 24.9 Å². The number of anilines is 1. The van der Waals surface area contributed by atoms with E-state index < -0.39 is 10.0 Å². The molecule has 1 saturated heterocycles. The maximum Gasteiger partial charge on any atom is 0.238 e. The van der Waals surface area contributed by atoms with Crippen LogP contribution in [0.4, 0.5) is 5.69 Å². The SMILES string of the molecule is Cc1ccc(S(N)(=O)=O)cc1NC(=O)[C@@H]1CCCNC1. The molecule has 0 saturated carbocycles. The molecule has 0 aliphatic carbocycles. The Labute approximate surface area is 118 Å². The van der Waals surface area contributed by atoms with Crippen molar-refractivity contribution in [2.75, 3.05) is 18.4 Å². The molecule has 7 heteroatoms. The fraction of sp³-hybridized carbons (Fsp3) is 0.462. The number of carbonyl (C=O) groups excluding carboxylic acids is 1. The molecule has 0 spiro atoms. The highest BCUT2D eigenvalue weighted by Crippen LogP contribution is 2.21. The summed E-state index contributed by atoms with van der Waals surface area (Å²) in [7, 11) is -3.77. The summed E-state index contributed by atoms with van der Waals surface area (Å²) in [6.07, 6.45) is 1.81. The van der Waals surface area contributed by atoms with Crippen LogP contribution < -0.4 is 15.8 Å². The molecule has 110 valence electrons. The topological polar surface area (TPSA) is 101 Å². The molecule has 1 heterocycles. The van der Waals surface area contributed by atoms with Crippen molar-refractivity contribution >= 4 is 21.6 Å². The quantitative estimate of drug-likeness (QED) is 0.759. The second-order valence-corrected chi connectivity index (χ2v) is 6.62. The van der Waals surface area contributed by atoms with Gasteiger partial charge in [-0.2, -0.15) is 0 Å². The Hall–Kier alpha value is -1.44. The molecule has 4 N–H and O–H groups in total. The Morgan fingerprint density at radius 2 is 2.20 bits per heavy atom. The molecule has 6 nitrogen and oxygen atoms in total. The van der Waals surface area contributed by atoms with Crippen LogP contribution in [0.3, 0.4) is 0 Å². The van der Waals surface area contributed by atoms with E-state index in [9.17, 15) is 13.2 Å². The van der Waals surface area contributed by atoms with Gasteiger partial charge in [-0.05, 0) is 44.0 Å².